The molecular weight excluding hydrogens is 262 g/mol. The van der Waals surface area contributed by atoms with Crippen LogP contribution in [0.15, 0.2) is 18.3 Å². The van der Waals surface area contributed by atoms with Gasteiger partial charge >= 0.3 is 0 Å². The molecule has 0 aromatic carbocycles. The van der Waals surface area contributed by atoms with E-state index in [1.54, 1.807) is 0 Å². The minimum Gasteiger partial charge on any atom is -0.354 e. The molecule has 2 rings (SSSR count). The van der Waals surface area contributed by atoms with Crippen molar-refractivity contribution in [1.82, 2.24) is 9.29 Å². The highest BCUT2D eigenvalue weighted by molar-refractivity contribution is 7.88. The number of pyridine rings is 1. The number of hydrogen-bond donors (Lipinski definition) is 0. The molecule has 1 aliphatic rings. The summed E-state index contributed by atoms with van der Waals surface area (Å²) in [5.74, 6) is 1.40. The monoisotopic (exact) mass is 283 g/mol. The molecule has 2 heterocycles. The van der Waals surface area contributed by atoms with Crippen LogP contribution in [0.1, 0.15) is 25.3 Å². The number of anilines is 1. The molecule has 0 saturated carbocycles. The second kappa shape index (κ2) is 5.46. The molecule has 1 saturated heterocycles. The molecule has 6 heteroatoms. The maximum atomic E-state index is 11.4. The Kier molecular flexibility index (Phi) is 4.10. The van der Waals surface area contributed by atoms with Crippen molar-refractivity contribution in [3.05, 3.63) is 23.9 Å². The summed E-state index contributed by atoms with van der Waals surface area (Å²) < 4.78 is 24.4. The summed E-state index contributed by atoms with van der Waals surface area (Å²) in [5.41, 5.74) is 1.22. The summed E-state index contributed by atoms with van der Waals surface area (Å²) in [6.45, 7) is 6.74. The Balaban J connectivity index is 2.02. The van der Waals surface area contributed by atoms with E-state index >= 15 is 0 Å². The van der Waals surface area contributed by atoms with E-state index in [9.17, 15) is 8.42 Å². The molecule has 0 unspecified atom stereocenters. The summed E-state index contributed by atoms with van der Waals surface area (Å²) >= 11 is 0. The number of aromatic nitrogens is 1. The lowest BCUT2D eigenvalue weighted by Gasteiger charge is -2.34. The first kappa shape index (κ1) is 14.3. The smallest absolute Gasteiger partial charge is 0.211 e. The van der Waals surface area contributed by atoms with Crippen LogP contribution in [0.3, 0.4) is 0 Å². The lowest BCUT2D eigenvalue weighted by molar-refractivity contribution is 0.387. The van der Waals surface area contributed by atoms with Crippen LogP contribution in [0.5, 0.6) is 0 Å². The van der Waals surface area contributed by atoms with E-state index in [2.05, 4.69) is 29.8 Å². The summed E-state index contributed by atoms with van der Waals surface area (Å²) in [6.07, 6.45) is 3.17. The number of nitrogens with zero attached hydrogens (tertiary/aromatic N) is 3. The van der Waals surface area contributed by atoms with Crippen LogP contribution >= 0.6 is 0 Å². The van der Waals surface area contributed by atoms with Gasteiger partial charge in [0.25, 0.3) is 0 Å². The van der Waals surface area contributed by atoms with Gasteiger partial charge in [-0.1, -0.05) is 19.9 Å². The van der Waals surface area contributed by atoms with Crippen molar-refractivity contribution in [2.75, 3.05) is 37.3 Å². The van der Waals surface area contributed by atoms with Crippen LogP contribution in [0.2, 0.25) is 0 Å². The van der Waals surface area contributed by atoms with Gasteiger partial charge in [0.05, 0.1) is 6.26 Å². The number of sulfonamides is 1. The zero-order valence-corrected chi connectivity index (χ0v) is 12.5. The first-order chi connectivity index (χ1) is 8.88. The lowest BCUT2D eigenvalue weighted by atomic mass is 10.1. The van der Waals surface area contributed by atoms with Crippen molar-refractivity contribution in [3.8, 4) is 0 Å². The first-order valence-electron chi connectivity index (χ1n) is 6.54. The average molecular weight is 283 g/mol. The van der Waals surface area contributed by atoms with E-state index < -0.39 is 10.0 Å². The van der Waals surface area contributed by atoms with Gasteiger partial charge in [-0.3, -0.25) is 0 Å². The molecule has 0 N–H and O–H groups in total. The quantitative estimate of drug-likeness (QED) is 0.839. The van der Waals surface area contributed by atoms with E-state index in [0.717, 1.165) is 5.82 Å². The van der Waals surface area contributed by atoms with Crippen molar-refractivity contribution >= 4 is 15.8 Å². The highest BCUT2D eigenvalue weighted by Crippen LogP contribution is 2.18. The Bertz CT molecular complexity index is 517. The molecule has 1 aromatic rings. The van der Waals surface area contributed by atoms with Gasteiger partial charge in [-0.15, -0.1) is 0 Å². The second-order valence-electron chi connectivity index (χ2n) is 5.25. The summed E-state index contributed by atoms with van der Waals surface area (Å²) in [6, 6.07) is 4.11. The van der Waals surface area contributed by atoms with Gasteiger partial charge in [-0.25, -0.2) is 13.4 Å². The van der Waals surface area contributed by atoms with Gasteiger partial charge in [-0.05, 0) is 17.5 Å². The second-order valence-corrected chi connectivity index (χ2v) is 7.24. The van der Waals surface area contributed by atoms with E-state index in [1.807, 2.05) is 12.3 Å². The molecule has 5 nitrogen and oxygen atoms in total. The van der Waals surface area contributed by atoms with Gasteiger partial charge in [0.15, 0.2) is 0 Å². The van der Waals surface area contributed by atoms with Gasteiger partial charge in [0, 0.05) is 32.4 Å². The Hall–Kier alpha value is -1.14. The van der Waals surface area contributed by atoms with Crippen molar-refractivity contribution in [1.29, 1.82) is 0 Å². The molecule has 1 aliphatic heterocycles. The van der Waals surface area contributed by atoms with Crippen LogP contribution in [0.4, 0.5) is 5.82 Å². The standard InChI is InChI=1S/C13H21N3O2S/c1-11(2)12-4-5-13(14-10-12)15-6-8-16(9-7-15)19(3,17)18/h4-5,10-11H,6-9H2,1-3H3. The number of rotatable bonds is 3. The third-order valence-corrected chi connectivity index (χ3v) is 4.77. The maximum Gasteiger partial charge on any atom is 0.211 e. The molecule has 1 aromatic heterocycles. The van der Waals surface area contributed by atoms with Crippen molar-refractivity contribution in [2.45, 2.75) is 19.8 Å². The van der Waals surface area contributed by atoms with Crippen molar-refractivity contribution < 1.29 is 8.42 Å². The maximum absolute atomic E-state index is 11.4. The zero-order chi connectivity index (χ0) is 14.0. The molecule has 0 aliphatic carbocycles. The van der Waals surface area contributed by atoms with Crippen LogP contribution in [0.25, 0.3) is 0 Å². The topological polar surface area (TPSA) is 53.5 Å². The number of piperazine rings is 1. The van der Waals surface area contributed by atoms with Gasteiger partial charge in [-0.2, -0.15) is 4.31 Å². The predicted octanol–water partition coefficient (Wildman–Crippen LogP) is 1.29. The van der Waals surface area contributed by atoms with Gasteiger partial charge in [0.2, 0.25) is 10.0 Å². The largest absolute Gasteiger partial charge is 0.354 e. The van der Waals surface area contributed by atoms with Crippen LogP contribution in [-0.2, 0) is 10.0 Å². The molecule has 0 bridgehead atoms. The fourth-order valence-electron chi connectivity index (χ4n) is 2.17. The molecule has 0 radical (unpaired) electrons. The summed E-state index contributed by atoms with van der Waals surface area (Å²) in [5, 5.41) is 0. The average Bonchev–Trinajstić information content (AvgIpc) is 2.38. The van der Waals surface area contributed by atoms with E-state index in [-0.39, 0.29) is 0 Å². The van der Waals surface area contributed by atoms with E-state index in [4.69, 9.17) is 0 Å². The molecular formula is C13H21N3O2S. The highest BCUT2D eigenvalue weighted by atomic mass is 32.2. The van der Waals surface area contributed by atoms with Gasteiger partial charge in [0.1, 0.15) is 5.82 Å². The van der Waals surface area contributed by atoms with Crippen LogP contribution in [-0.4, -0.2) is 50.1 Å². The van der Waals surface area contributed by atoms with E-state index in [1.165, 1.54) is 16.1 Å². The van der Waals surface area contributed by atoms with E-state index in [0.29, 0.717) is 32.1 Å². The summed E-state index contributed by atoms with van der Waals surface area (Å²) in [4.78, 5) is 6.60. The fraction of sp³-hybridized carbons (Fsp3) is 0.615. The minimum atomic E-state index is -3.06. The Morgan fingerprint density at radius 3 is 2.21 bits per heavy atom. The molecule has 1 fully saturated rings. The molecule has 19 heavy (non-hydrogen) atoms. The fourth-order valence-corrected chi connectivity index (χ4v) is 3.00. The Morgan fingerprint density at radius 2 is 1.79 bits per heavy atom. The highest BCUT2D eigenvalue weighted by Gasteiger charge is 2.23. The van der Waals surface area contributed by atoms with Crippen LogP contribution in [0, 0.1) is 0 Å². The third kappa shape index (κ3) is 3.45. The van der Waals surface area contributed by atoms with Crippen molar-refractivity contribution in [2.24, 2.45) is 0 Å². The summed E-state index contributed by atoms with van der Waals surface area (Å²) in [7, 11) is -3.06. The number of hydrogen-bond acceptors (Lipinski definition) is 4. The normalized spacial score (nSPS) is 18.0. The third-order valence-electron chi connectivity index (χ3n) is 3.47. The van der Waals surface area contributed by atoms with Gasteiger partial charge < -0.3 is 4.90 Å². The molecule has 0 amide bonds. The minimum absolute atomic E-state index is 0.476. The molecule has 0 atom stereocenters. The molecule has 0 spiro atoms. The van der Waals surface area contributed by atoms with Crippen molar-refractivity contribution in [3.63, 3.8) is 0 Å². The molecule has 106 valence electrons. The zero-order valence-electron chi connectivity index (χ0n) is 11.7. The lowest BCUT2D eigenvalue weighted by Crippen LogP contribution is -2.48. The Labute approximate surface area is 115 Å². The predicted molar refractivity (Wildman–Crippen MR) is 77.0 cm³/mol. The SMILES string of the molecule is CC(C)c1ccc(N2CCN(S(C)(=O)=O)CC2)nc1. The Morgan fingerprint density at radius 1 is 1.16 bits per heavy atom. The first-order valence-corrected chi connectivity index (χ1v) is 8.39. The van der Waals surface area contributed by atoms with Crippen LogP contribution < -0.4 is 4.90 Å².